The third-order valence-corrected chi connectivity index (χ3v) is 3.12. The van der Waals surface area contributed by atoms with Gasteiger partial charge in [0.2, 0.25) is 5.91 Å². The Morgan fingerprint density at radius 2 is 2.00 bits per heavy atom. The van der Waals surface area contributed by atoms with Crippen LogP contribution in [0.15, 0.2) is 0 Å². The Bertz CT molecular complexity index is 253. The number of ether oxygens (including phenoxy) is 1. The second-order valence-electron chi connectivity index (χ2n) is 5.63. The van der Waals surface area contributed by atoms with E-state index >= 15 is 0 Å². The van der Waals surface area contributed by atoms with Crippen molar-refractivity contribution in [3.63, 3.8) is 0 Å². The van der Waals surface area contributed by atoms with Crippen LogP contribution >= 0.6 is 0 Å². The maximum atomic E-state index is 11.7. The SMILES string of the molecule is CC(C)COCC(O)CNCCC(=O)N1CCCC1. The van der Waals surface area contributed by atoms with Crippen LogP contribution in [0, 0.1) is 5.92 Å². The molecule has 1 atom stereocenters. The molecule has 1 rings (SSSR count). The van der Waals surface area contributed by atoms with Gasteiger partial charge in [-0.2, -0.15) is 0 Å². The van der Waals surface area contributed by atoms with Gasteiger partial charge < -0.3 is 20.1 Å². The Labute approximate surface area is 116 Å². The highest BCUT2D eigenvalue weighted by Gasteiger charge is 2.17. The Morgan fingerprint density at radius 3 is 2.63 bits per heavy atom. The first-order valence-corrected chi connectivity index (χ1v) is 7.34. The molecule has 5 nitrogen and oxygen atoms in total. The average Bonchev–Trinajstić information content (AvgIpc) is 2.87. The van der Waals surface area contributed by atoms with E-state index in [0.29, 0.717) is 38.6 Å². The first-order chi connectivity index (χ1) is 9.09. The zero-order valence-corrected chi connectivity index (χ0v) is 12.2. The molecule has 1 aliphatic rings. The first kappa shape index (κ1) is 16.4. The lowest BCUT2D eigenvalue weighted by Gasteiger charge is -2.16. The van der Waals surface area contributed by atoms with Gasteiger partial charge in [-0.15, -0.1) is 0 Å². The molecule has 0 radical (unpaired) electrons. The Morgan fingerprint density at radius 1 is 1.32 bits per heavy atom. The van der Waals surface area contributed by atoms with Crippen LogP contribution in [0.1, 0.15) is 33.1 Å². The topological polar surface area (TPSA) is 61.8 Å². The van der Waals surface area contributed by atoms with Crippen LogP contribution in [-0.4, -0.2) is 61.4 Å². The summed E-state index contributed by atoms with van der Waals surface area (Å²) < 4.78 is 5.35. The fourth-order valence-electron chi connectivity index (χ4n) is 2.09. The lowest BCUT2D eigenvalue weighted by molar-refractivity contribution is -0.130. The Kier molecular flexibility index (Phi) is 8.02. The van der Waals surface area contributed by atoms with Crippen molar-refractivity contribution in [2.75, 3.05) is 39.4 Å². The predicted octanol–water partition coefficient (Wildman–Crippen LogP) is 0.622. The van der Waals surface area contributed by atoms with E-state index < -0.39 is 6.10 Å². The molecule has 1 heterocycles. The van der Waals surface area contributed by atoms with Crippen LogP contribution < -0.4 is 5.32 Å². The van der Waals surface area contributed by atoms with E-state index in [4.69, 9.17) is 4.74 Å². The van der Waals surface area contributed by atoms with E-state index in [0.717, 1.165) is 25.9 Å². The van der Waals surface area contributed by atoms with Crippen molar-refractivity contribution in [1.29, 1.82) is 0 Å². The Hall–Kier alpha value is -0.650. The van der Waals surface area contributed by atoms with Crippen LogP contribution in [0.3, 0.4) is 0 Å². The van der Waals surface area contributed by atoms with Gasteiger partial charge in [-0.05, 0) is 18.8 Å². The van der Waals surface area contributed by atoms with Gasteiger partial charge in [0.25, 0.3) is 0 Å². The van der Waals surface area contributed by atoms with Gasteiger partial charge in [0.1, 0.15) is 0 Å². The van der Waals surface area contributed by atoms with Gasteiger partial charge in [-0.3, -0.25) is 4.79 Å². The standard InChI is InChI=1S/C14H28N2O3/c1-12(2)10-19-11-13(17)9-15-6-5-14(18)16-7-3-4-8-16/h12-13,15,17H,3-11H2,1-2H3. The zero-order chi connectivity index (χ0) is 14.1. The van der Waals surface area contributed by atoms with Crippen LogP contribution in [0.2, 0.25) is 0 Å². The number of aliphatic hydroxyl groups is 1. The number of nitrogens with one attached hydrogen (secondary N) is 1. The molecular weight excluding hydrogens is 244 g/mol. The number of carbonyl (C=O) groups is 1. The summed E-state index contributed by atoms with van der Waals surface area (Å²) in [4.78, 5) is 13.7. The van der Waals surface area contributed by atoms with Crippen molar-refractivity contribution >= 4 is 5.91 Å². The summed E-state index contributed by atoms with van der Waals surface area (Å²) in [6.07, 6.45) is 2.27. The van der Waals surface area contributed by atoms with Gasteiger partial charge in [0.05, 0.1) is 12.7 Å². The molecule has 1 aliphatic heterocycles. The molecule has 19 heavy (non-hydrogen) atoms. The monoisotopic (exact) mass is 272 g/mol. The first-order valence-electron chi connectivity index (χ1n) is 7.34. The molecule has 0 aromatic rings. The number of aliphatic hydroxyl groups excluding tert-OH is 1. The number of hydrogen-bond donors (Lipinski definition) is 2. The molecule has 2 N–H and O–H groups in total. The van der Waals surface area contributed by atoms with Gasteiger partial charge in [0.15, 0.2) is 0 Å². The fourth-order valence-corrected chi connectivity index (χ4v) is 2.09. The normalized spacial score (nSPS) is 17.2. The third kappa shape index (κ3) is 7.50. The molecule has 1 saturated heterocycles. The number of nitrogens with zero attached hydrogens (tertiary/aromatic N) is 1. The van der Waals surface area contributed by atoms with E-state index in [9.17, 15) is 9.90 Å². The van der Waals surface area contributed by atoms with Crippen LogP contribution in [-0.2, 0) is 9.53 Å². The van der Waals surface area contributed by atoms with Crippen molar-refractivity contribution in [2.45, 2.75) is 39.2 Å². The number of hydrogen-bond acceptors (Lipinski definition) is 4. The molecule has 1 fully saturated rings. The average molecular weight is 272 g/mol. The zero-order valence-electron chi connectivity index (χ0n) is 12.2. The van der Waals surface area contributed by atoms with Crippen molar-refractivity contribution < 1.29 is 14.6 Å². The van der Waals surface area contributed by atoms with Gasteiger partial charge in [-0.1, -0.05) is 13.8 Å². The number of carbonyl (C=O) groups excluding carboxylic acids is 1. The highest BCUT2D eigenvalue weighted by molar-refractivity contribution is 5.76. The summed E-state index contributed by atoms with van der Waals surface area (Å²) in [7, 11) is 0. The van der Waals surface area contributed by atoms with Gasteiger partial charge in [-0.25, -0.2) is 0 Å². The second-order valence-corrected chi connectivity index (χ2v) is 5.63. The smallest absolute Gasteiger partial charge is 0.223 e. The number of rotatable bonds is 9. The summed E-state index contributed by atoms with van der Waals surface area (Å²) in [6, 6.07) is 0. The maximum absolute atomic E-state index is 11.7. The molecule has 0 aromatic carbocycles. The predicted molar refractivity (Wildman–Crippen MR) is 75.0 cm³/mol. The van der Waals surface area contributed by atoms with Crippen LogP contribution in [0.4, 0.5) is 0 Å². The minimum absolute atomic E-state index is 0.218. The molecule has 112 valence electrons. The molecule has 5 heteroatoms. The number of likely N-dealkylation sites (tertiary alicyclic amines) is 1. The van der Waals surface area contributed by atoms with Crippen molar-refractivity contribution in [1.82, 2.24) is 10.2 Å². The lowest BCUT2D eigenvalue weighted by Crippen LogP contribution is -2.34. The molecule has 0 spiro atoms. The molecule has 0 aliphatic carbocycles. The second kappa shape index (κ2) is 9.28. The highest BCUT2D eigenvalue weighted by Crippen LogP contribution is 2.08. The maximum Gasteiger partial charge on any atom is 0.223 e. The van der Waals surface area contributed by atoms with Crippen LogP contribution in [0.5, 0.6) is 0 Å². The van der Waals surface area contributed by atoms with Gasteiger partial charge >= 0.3 is 0 Å². The van der Waals surface area contributed by atoms with E-state index in [2.05, 4.69) is 19.2 Å². The van der Waals surface area contributed by atoms with Gasteiger partial charge in [0, 0.05) is 39.2 Å². The van der Waals surface area contributed by atoms with Crippen molar-refractivity contribution in [3.8, 4) is 0 Å². The summed E-state index contributed by atoms with van der Waals surface area (Å²) in [5.41, 5.74) is 0. The molecular formula is C14H28N2O3. The van der Waals surface area contributed by atoms with E-state index in [-0.39, 0.29) is 5.91 Å². The lowest BCUT2D eigenvalue weighted by atomic mass is 10.2. The van der Waals surface area contributed by atoms with Crippen molar-refractivity contribution in [3.05, 3.63) is 0 Å². The summed E-state index contributed by atoms with van der Waals surface area (Å²) >= 11 is 0. The summed E-state index contributed by atoms with van der Waals surface area (Å²) in [6.45, 7) is 8.09. The largest absolute Gasteiger partial charge is 0.389 e. The number of amides is 1. The Balaban J connectivity index is 1.95. The minimum Gasteiger partial charge on any atom is -0.389 e. The quantitative estimate of drug-likeness (QED) is 0.604. The molecule has 1 unspecified atom stereocenters. The van der Waals surface area contributed by atoms with Crippen molar-refractivity contribution in [2.24, 2.45) is 5.92 Å². The fraction of sp³-hybridized carbons (Fsp3) is 0.929. The molecule has 0 bridgehead atoms. The molecule has 0 aromatic heterocycles. The summed E-state index contributed by atoms with van der Waals surface area (Å²) in [5.74, 6) is 0.703. The van der Waals surface area contributed by atoms with E-state index in [1.54, 1.807) is 0 Å². The van der Waals surface area contributed by atoms with E-state index in [1.807, 2.05) is 4.90 Å². The molecule has 1 amide bonds. The van der Waals surface area contributed by atoms with E-state index in [1.165, 1.54) is 0 Å². The molecule has 0 saturated carbocycles. The third-order valence-electron chi connectivity index (χ3n) is 3.12. The minimum atomic E-state index is -0.499. The highest BCUT2D eigenvalue weighted by atomic mass is 16.5. The summed E-state index contributed by atoms with van der Waals surface area (Å²) in [5, 5.41) is 12.8. The van der Waals surface area contributed by atoms with Crippen LogP contribution in [0.25, 0.3) is 0 Å².